The lowest BCUT2D eigenvalue weighted by atomic mass is 9.95. The fourth-order valence-corrected chi connectivity index (χ4v) is 3.22. The van der Waals surface area contributed by atoms with Crippen LogP contribution in [0.4, 0.5) is 5.69 Å². The van der Waals surface area contributed by atoms with Gasteiger partial charge in [-0.15, -0.1) is 0 Å². The fraction of sp³-hybridized carbons (Fsp3) is 0.240. The third-order valence-electron chi connectivity index (χ3n) is 4.92. The topological polar surface area (TPSA) is 94.3 Å². The molecule has 0 spiro atoms. The second kappa shape index (κ2) is 11.0. The molecule has 0 atom stereocenters. The molecule has 0 aliphatic heterocycles. The van der Waals surface area contributed by atoms with E-state index in [0.29, 0.717) is 30.0 Å². The SMILES string of the molecule is CCCCCOC(=O)c1cccc(-c2cc(C(=O)Nc3ccncc3)ccc2CN)c1. The standard InChI is InChI=1S/C25H27N3O3/c1-2-3-4-14-31-25(30)20-7-5-6-18(15-20)23-16-19(8-9-21(23)17-26)24(29)28-22-10-12-27-13-11-22/h5-13,15-16H,2-4,14,17,26H2,1H3,(H,27,28,29). The number of unbranched alkanes of at least 4 members (excludes halogenated alkanes) is 2. The van der Waals surface area contributed by atoms with Gasteiger partial charge in [-0.25, -0.2) is 4.79 Å². The number of aromatic nitrogens is 1. The van der Waals surface area contributed by atoms with Crippen LogP contribution >= 0.6 is 0 Å². The third kappa shape index (κ3) is 5.99. The van der Waals surface area contributed by atoms with E-state index in [9.17, 15) is 9.59 Å². The molecule has 0 unspecified atom stereocenters. The Hall–Kier alpha value is -3.51. The van der Waals surface area contributed by atoms with Gasteiger partial charge in [0, 0.05) is 30.2 Å². The van der Waals surface area contributed by atoms with Crippen LogP contribution in [0, 0.1) is 0 Å². The highest BCUT2D eigenvalue weighted by atomic mass is 16.5. The monoisotopic (exact) mass is 417 g/mol. The first-order valence-electron chi connectivity index (χ1n) is 10.4. The van der Waals surface area contributed by atoms with E-state index in [1.54, 1.807) is 48.8 Å². The molecule has 0 radical (unpaired) electrons. The minimum absolute atomic E-state index is 0.234. The van der Waals surface area contributed by atoms with Crippen LogP contribution in [0.5, 0.6) is 0 Å². The fourth-order valence-electron chi connectivity index (χ4n) is 3.22. The van der Waals surface area contributed by atoms with E-state index in [1.807, 2.05) is 18.2 Å². The number of nitrogens with two attached hydrogens (primary N) is 1. The number of hydrogen-bond acceptors (Lipinski definition) is 5. The van der Waals surface area contributed by atoms with Crippen molar-refractivity contribution in [1.82, 2.24) is 4.98 Å². The zero-order valence-electron chi connectivity index (χ0n) is 17.6. The summed E-state index contributed by atoms with van der Waals surface area (Å²) in [4.78, 5) is 29.1. The molecular formula is C25H27N3O3. The summed E-state index contributed by atoms with van der Waals surface area (Å²) >= 11 is 0. The van der Waals surface area contributed by atoms with E-state index in [4.69, 9.17) is 10.5 Å². The van der Waals surface area contributed by atoms with Gasteiger partial charge in [-0.1, -0.05) is 38.0 Å². The molecule has 3 aromatic rings. The number of benzene rings is 2. The van der Waals surface area contributed by atoms with Crippen molar-refractivity contribution >= 4 is 17.6 Å². The van der Waals surface area contributed by atoms with Crippen LogP contribution in [0.3, 0.4) is 0 Å². The van der Waals surface area contributed by atoms with Crippen LogP contribution < -0.4 is 11.1 Å². The first-order valence-corrected chi connectivity index (χ1v) is 10.4. The Morgan fingerprint density at radius 2 is 1.81 bits per heavy atom. The van der Waals surface area contributed by atoms with E-state index in [1.165, 1.54) is 0 Å². The number of carbonyl (C=O) groups is 2. The highest BCUT2D eigenvalue weighted by molar-refractivity contribution is 6.05. The summed E-state index contributed by atoms with van der Waals surface area (Å²) in [5.41, 5.74) is 10.1. The number of nitrogens with one attached hydrogen (secondary N) is 1. The molecule has 3 N–H and O–H groups in total. The van der Waals surface area contributed by atoms with Gasteiger partial charge in [-0.3, -0.25) is 9.78 Å². The summed E-state index contributed by atoms with van der Waals surface area (Å²) in [6.45, 7) is 2.83. The molecule has 1 aromatic heterocycles. The van der Waals surface area contributed by atoms with Gasteiger partial charge in [0.1, 0.15) is 0 Å². The van der Waals surface area contributed by atoms with Crippen molar-refractivity contribution < 1.29 is 14.3 Å². The first-order chi connectivity index (χ1) is 15.1. The quantitative estimate of drug-likeness (QED) is 0.385. The van der Waals surface area contributed by atoms with E-state index in [-0.39, 0.29) is 11.9 Å². The molecule has 6 heteroatoms. The number of pyridine rings is 1. The molecule has 0 fully saturated rings. The summed E-state index contributed by atoms with van der Waals surface area (Å²) < 4.78 is 5.37. The molecule has 6 nitrogen and oxygen atoms in total. The maximum Gasteiger partial charge on any atom is 0.338 e. The lowest BCUT2D eigenvalue weighted by Gasteiger charge is -2.12. The Bertz CT molecular complexity index is 1040. The molecule has 0 aliphatic rings. The average Bonchev–Trinajstić information content (AvgIpc) is 2.82. The predicted molar refractivity (Wildman–Crippen MR) is 122 cm³/mol. The van der Waals surface area contributed by atoms with Crippen molar-refractivity contribution in [2.75, 3.05) is 11.9 Å². The van der Waals surface area contributed by atoms with Gasteiger partial charge in [0.25, 0.3) is 5.91 Å². The van der Waals surface area contributed by atoms with E-state index >= 15 is 0 Å². The highest BCUT2D eigenvalue weighted by Crippen LogP contribution is 2.27. The van der Waals surface area contributed by atoms with Gasteiger partial charge < -0.3 is 15.8 Å². The summed E-state index contributed by atoms with van der Waals surface area (Å²) in [6, 6.07) is 16.0. The van der Waals surface area contributed by atoms with Crippen molar-refractivity contribution in [2.45, 2.75) is 32.7 Å². The maximum absolute atomic E-state index is 12.7. The normalized spacial score (nSPS) is 10.5. The molecule has 0 saturated carbocycles. The van der Waals surface area contributed by atoms with Gasteiger partial charge in [0.15, 0.2) is 0 Å². The molecule has 1 amide bonds. The number of amides is 1. The number of anilines is 1. The Balaban J connectivity index is 1.83. The van der Waals surface area contributed by atoms with E-state index in [0.717, 1.165) is 36.0 Å². The summed E-state index contributed by atoms with van der Waals surface area (Å²) in [6.07, 6.45) is 6.19. The molecule has 2 aromatic carbocycles. The smallest absolute Gasteiger partial charge is 0.338 e. The lowest BCUT2D eigenvalue weighted by Crippen LogP contribution is -2.13. The van der Waals surface area contributed by atoms with Crippen LogP contribution in [-0.2, 0) is 11.3 Å². The Morgan fingerprint density at radius 1 is 1.00 bits per heavy atom. The van der Waals surface area contributed by atoms with Crippen molar-refractivity contribution in [1.29, 1.82) is 0 Å². The minimum atomic E-state index is -0.348. The van der Waals surface area contributed by atoms with Crippen LogP contribution in [0.1, 0.15) is 52.5 Å². The number of nitrogens with zero attached hydrogens (tertiary/aromatic N) is 1. The van der Waals surface area contributed by atoms with Crippen LogP contribution in [0.25, 0.3) is 11.1 Å². The maximum atomic E-state index is 12.7. The summed E-state index contributed by atoms with van der Waals surface area (Å²) in [5, 5.41) is 2.85. The zero-order valence-corrected chi connectivity index (χ0v) is 17.6. The highest BCUT2D eigenvalue weighted by Gasteiger charge is 2.14. The van der Waals surface area contributed by atoms with E-state index in [2.05, 4.69) is 17.2 Å². The number of carbonyl (C=O) groups excluding carboxylic acids is 2. The molecular weight excluding hydrogens is 390 g/mol. The van der Waals surface area contributed by atoms with Crippen LogP contribution in [-0.4, -0.2) is 23.5 Å². The predicted octanol–water partition coefficient (Wildman–Crippen LogP) is 4.81. The molecule has 0 bridgehead atoms. The average molecular weight is 418 g/mol. The van der Waals surface area contributed by atoms with Crippen molar-refractivity contribution in [3.8, 4) is 11.1 Å². The lowest BCUT2D eigenvalue weighted by molar-refractivity contribution is 0.0498. The molecule has 31 heavy (non-hydrogen) atoms. The molecule has 160 valence electrons. The second-order valence-electron chi connectivity index (χ2n) is 7.19. The number of esters is 1. The van der Waals surface area contributed by atoms with Crippen LogP contribution in [0.15, 0.2) is 67.0 Å². The molecule has 0 saturated heterocycles. The molecule has 3 rings (SSSR count). The number of ether oxygens (including phenoxy) is 1. The van der Waals surface area contributed by atoms with Gasteiger partial charge in [-0.2, -0.15) is 0 Å². The second-order valence-corrected chi connectivity index (χ2v) is 7.19. The number of hydrogen-bond donors (Lipinski definition) is 2. The first kappa shape index (κ1) is 22.2. The van der Waals surface area contributed by atoms with Gasteiger partial charge in [-0.05, 0) is 59.5 Å². The Morgan fingerprint density at radius 3 is 2.55 bits per heavy atom. The Labute approximate surface area is 182 Å². The van der Waals surface area contributed by atoms with Crippen molar-refractivity contribution in [3.63, 3.8) is 0 Å². The van der Waals surface area contributed by atoms with Gasteiger partial charge in [0.05, 0.1) is 12.2 Å². The largest absolute Gasteiger partial charge is 0.462 e. The van der Waals surface area contributed by atoms with Gasteiger partial charge in [0.2, 0.25) is 0 Å². The zero-order chi connectivity index (χ0) is 22.1. The van der Waals surface area contributed by atoms with Crippen LogP contribution in [0.2, 0.25) is 0 Å². The minimum Gasteiger partial charge on any atom is -0.462 e. The molecule has 1 heterocycles. The molecule has 0 aliphatic carbocycles. The van der Waals surface area contributed by atoms with E-state index < -0.39 is 0 Å². The summed E-state index contributed by atoms with van der Waals surface area (Å²) in [7, 11) is 0. The van der Waals surface area contributed by atoms with Crippen molar-refractivity contribution in [3.05, 3.63) is 83.7 Å². The summed E-state index contributed by atoms with van der Waals surface area (Å²) in [5.74, 6) is -0.582. The Kier molecular flexibility index (Phi) is 7.90. The van der Waals surface area contributed by atoms with Crippen molar-refractivity contribution in [2.24, 2.45) is 5.73 Å². The number of rotatable bonds is 9. The third-order valence-corrected chi connectivity index (χ3v) is 4.92. The van der Waals surface area contributed by atoms with Gasteiger partial charge >= 0.3 is 5.97 Å².